The van der Waals surface area contributed by atoms with Gasteiger partial charge in [0, 0.05) is 32.3 Å². The fourth-order valence-corrected chi connectivity index (χ4v) is 4.22. The minimum Gasteiger partial charge on any atom is -0.315 e. The van der Waals surface area contributed by atoms with Crippen molar-refractivity contribution in [2.24, 2.45) is 13.0 Å². The predicted octanol–water partition coefficient (Wildman–Crippen LogP) is 2.28. The zero-order valence-electron chi connectivity index (χ0n) is 13.6. The number of aryl methyl sites for hydroxylation is 2. The molecule has 2 N–H and O–H groups in total. The summed E-state index contributed by atoms with van der Waals surface area (Å²) in [7, 11) is 1.89. The Hall–Kier alpha value is -2.25. The molecule has 1 fully saturated rings. The SMILES string of the molecule is Cc1cccc2sc(NC(=O)[C@H]3CNC[C@@H]3c3cnn(C)c3)nc12. The van der Waals surface area contributed by atoms with Crippen LogP contribution in [0.15, 0.2) is 30.6 Å². The lowest BCUT2D eigenvalue weighted by Gasteiger charge is -2.15. The van der Waals surface area contributed by atoms with E-state index in [1.54, 1.807) is 4.68 Å². The van der Waals surface area contributed by atoms with Crippen LogP contribution in [0.5, 0.6) is 0 Å². The highest BCUT2D eigenvalue weighted by atomic mass is 32.1. The lowest BCUT2D eigenvalue weighted by Crippen LogP contribution is -2.27. The first-order valence-electron chi connectivity index (χ1n) is 7.98. The van der Waals surface area contributed by atoms with Gasteiger partial charge in [-0.3, -0.25) is 9.48 Å². The first-order valence-corrected chi connectivity index (χ1v) is 8.80. The average molecular weight is 341 g/mol. The van der Waals surface area contributed by atoms with Gasteiger partial charge in [-0.2, -0.15) is 5.10 Å². The Morgan fingerprint density at radius 3 is 3.04 bits per heavy atom. The van der Waals surface area contributed by atoms with Gasteiger partial charge < -0.3 is 10.6 Å². The summed E-state index contributed by atoms with van der Waals surface area (Å²) < 4.78 is 2.87. The quantitative estimate of drug-likeness (QED) is 0.767. The number of nitrogens with zero attached hydrogens (tertiary/aromatic N) is 3. The number of carbonyl (C=O) groups excluding carboxylic acids is 1. The first-order chi connectivity index (χ1) is 11.6. The molecule has 1 aromatic carbocycles. The molecular weight excluding hydrogens is 322 g/mol. The van der Waals surface area contributed by atoms with Gasteiger partial charge in [0.2, 0.25) is 5.91 Å². The molecule has 1 amide bonds. The zero-order chi connectivity index (χ0) is 16.7. The van der Waals surface area contributed by atoms with E-state index in [-0.39, 0.29) is 17.7 Å². The molecule has 24 heavy (non-hydrogen) atoms. The van der Waals surface area contributed by atoms with E-state index in [1.165, 1.54) is 11.3 Å². The number of para-hydroxylation sites is 1. The highest BCUT2D eigenvalue weighted by Crippen LogP contribution is 2.31. The van der Waals surface area contributed by atoms with E-state index in [2.05, 4.69) is 20.7 Å². The highest BCUT2D eigenvalue weighted by Gasteiger charge is 2.35. The first kappa shape index (κ1) is 15.3. The number of carbonyl (C=O) groups is 1. The second-order valence-corrected chi connectivity index (χ2v) is 7.28. The zero-order valence-corrected chi connectivity index (χ0v) is 14.4. The van der Waals surface area contributed by atoms with Gasteiger partial charge in [0.05, 0.1) is 22.3 Å². The van der Waals surface area contributed by atoms with Crippen LogP contribution in [0, 0.1) is 12.8 Å². The van der Waals surface area contributed by atoms with Crippen LogP contribution in [0.4, 0.5) is 5.13 Å². The van der Waals surface area contributed by atoms with E-state index in [0.717, 1.165) is 27.9 Å². The van der Waals surface area contributed by atoms with Gasteiger partial charge in [-0.25, -0.2) is 4.98 Å². The molecule has 1 saturated heterocycles. The Morgan fingerprint density at radius 2 is 2.29 bits per heavy atom. The van der Waals surface area contributed by atoms with Gasteiger partial charge >= 0.3 is 0 Å². The highest BCUT2D eigenvalue weighted by molar-refractivity contribution is 7.22. The predicted molar refractivity (Wildman–Crippen MR) is 95.3 cm³/mol. The molecule has 1 aliphatic heterocycles. The molecule has 0 aliphatic carbocycles. The molecular formula is C17H19N5OS. The van der Waals surface area contributed by atoms with Gasteiger partial charge in [0.15, 0.2) is 5.13 Å². The summed E-state index contributed by atoms with van der Waals surface area (Å²) in [6.07, 6.45) is 3.83. The molecule has 2 aromatic heterocycles. The monoisotopic (exact) mass is 341 g/mol. The normalized spacial score (nSPS) is 20.6. The van der Waals surface area contributed by atoms with E-state index < -0.39 is 0 Å². The molecule has 1 aliphatic rings. The Bertz CT molecular complexity index is 899. The number of aromatic nitrogens is 3. The molecule has 0 radical (unpaired) electrons. The van der Waals surface area contributed by atoms with Crippen molar-refractivity contribution in [3.05, 3.63) is 41.7 Å². The van der Waals surface area contributed by atoms with Crippen molar-refractivity contribution in [2.45, 2.75) is 12.8 Å². The van der Waals surface area contributed by atoms with Crippen molar-refractivity contribution in [3.63, 3.8) is 0 Å². The van der Waals surface area contributed by atoms with Gasteiger partial charge in [-0.15, -0.1) is 0 Å². The van der Waals surface area contributed by atoms with Crippen LogP contribution in [-0.2, 0) is 11.8 Å². The average Bonchev–Trinajstić information content (AvgIpc) is 3.25. The third-order valence-corrected chi connectivity index (χ3v) is 5.49. The van der Waals surface area contributed by atoms with Crippen molar-refractivity contribution in [3.8, 4) is 0 Å². The number of rotatable bonds is 3. The van der Waals surface area contributed by atoms with Crippen molar-refractivity contribution in [2.75, 3.05) is 18.4 Å². The Balaban J connectivity index is 1.55. The summed E-state index contributed by atoms with van der Waals surface area (Å²) in [5.41, 5.74) is 3.19. The van der Waals surface area contributed by atoms with Crippen LogP contribution in [0.2, 0.25) is 0 Å². The maximum atomic E-state index is 12.8. The van der Waals surface area contributed by atoms with Crippen LogP contribution in [0.25, 0.3) is 10.2 Å². The van der Waals surface area contributed by atoms with Crippen molar-refractivity contribution in [1.82, 2.24) is 20.1 Å². The standard InChI is InChI=1S/C17H19N5OS/c1-10-4-3-5-14-15(10)20-17(24-14)21-16(23)13-8-18-7-12(13)11-6-19-22(2)9-11/h3-6,9,12-13,18H,7-8H2,1-2H3,(H,20,21,23)/t12-,13+/m1/s1. The fraction of sp³-hybridized carbons (Fsp3) is 0.353. The van der Waals surface area contributed by atoms with Gasteiger partial charge in [0.1, 0.15) is 0 Å². The van der Waals surface area contributed by atoms with Crippen LogP contribution in [-0.4, -0.2) is 33.8 Å². The molecule has 7 heteroatoms. The van der Waals surface area contributed by atoms with E-state index in [4.69, 9.17) is 0 Å². The van der Waals surface area contributed by atoms with E-state index in [1.807, 2.05) is 44.6 Å². The lowest BCUT2D eigenvalue weighted by molar-refractivity contribution is -0.119. The summed E-state index contributed by atoms with van der Waals surface area (Å²) in [5.74, 6) is 0.0580. The number of anilines is 1. The van der Waals surface area contributed by atoms with Crippen molar-refractivity contribution >= 4 is 32.6 Å². The minimum absolute atomic E-state index is 0.0190. The fourth-order valence-electron chi connectivity index (χ4n) is 3.27. The van der Waals surface area contributed by atoms with Crippen molar-refractivity contribution < 1.29 is 4.79 Å². The van der Waals surface area contributed by atoms with Crippen molar-refractivity contribution in [1.29, 1.82) is 0 Å². The number of amides is 1. The minimum atomic E-state index is -0.109. The van der Waals surface area contributed by atoms with E-state index in [0.29, 0.717) is 11.7 Å². The number of benzene rings is 1. The molecule has 4 rings (SSSR count). The number of hydrogen-bond acceptors (Lipinski definition) is 5. The number of hydrogen-bond donors (Lipinski definition) is 2. The van der Waals surface area contributed by atoms with E-state index in [9.17, 15) is 4.79 Å². The third kappa shape index (κ3) is 2.70. The summed E-state index contributed by atoms with van der Waals surface area (Å²) in [6, 6.07) is 6.08. The van der Waals surface area contributed by atoms with Crippen LogP contribution < -0.4 is 10.6 Å². The maximum absolute atomic E-state index is 12.8. The lowest BCUT2D eigenvalue weighted by atomic mass is 9.90. The van der Waals surface area contributed by atoms with Crippen LogP contribution in [0.1, 0.15) is 17.0 Å². The number of thiazole rings is 1. The molecule has 2 atom stereocenters. The molecule has 6 nitrogen and oxygen atoms in total. The Kier molecular flexibility index (Phi) is 3.82. The topological polar surface area (TPSA) is 71.8 Å². The van der Waals surface area contributed by atoms with E-state index >= 15 is 0 Å². The second kappa shape index (κ2) is 5.99. The Labute approximate surface area is 143 Å². The molecule has 0 saturated carbocycles. The largest absolute Gasteiger partial charge is 0.315 e. The molecule has 3 heterocycles. The van der Waals surface area contributed by atoms with Gasteiger partial charge in [-0.1, -0.05) is 23.5 Å². The summed E-state index contributed by atoms with van der Waals surface area (Å²) in [4.78, 5) is 17.3. The maximum Gasteiger partial charge on any atom is 0.231 e. The molecule has 124 valence electrons. The molecule has 0 unspecified atom stereocenters. The molecule has 0 spiro atoms. The third-order valence-electron chi connectivity index (χ3n) is 4.55. The summed E-state index contributed by atoms with van der Waals surface area (Å²) >= 11 is 1.52. The smallest absolute Gasteiger partial charge is 0.231 e. The second-order valence-electron chi connectivity index (χ2n) is 6.25. The Morgan fingerprint density at radius 1 is 1.42 bits per heavy atom. The van der Waals surface area contributed by atoms with Gasteiger partial charge in [0.25, 0.3) is 0 Å². The number of fused-ring (bicyclic) bond motifs is 1. The number of nitrogens with one attached hydrogen (secondary N) is 2. The molecule has 0 bridgehead atoms. The molecule has 3 aromatic rings. The van der Waals surface area contributed by atoms with Crippen LogP contribution in [0.3, 0.4) is 0 Å². The summed E-state index contributed by atoms with van der Waals surface area (Å²) in [5, 5.41) is 11.2. The van der Waals surface area contributed by atoms with Crippen LogP contribution >= 0.6 is 11.3 Å². The summed E-state index contributed by atoms with van der Waals surface area (Å²) in [6.45, 7) is 3.50. The van der Waals surface area contributed by atoms with Gasteiger partial charge in [-0.05, 0) is 24.1 Å².